The molecular formula is C22H19N5O5. The number of fused-ring (bicyclic) bond motifs is 1. The molecule has 0 aliphatic rings. The molecule has 2 aromatic carbocycles. The van der Waals surface area contributed by atoms with E-state index in [0.717, 1.165) is 16.6 Å². The predicted molar refractivity (Wildman–Crippen MR) is 116 cm³/mol. The van der Waals surface area contributed by atoms with Crippen LogP contribution in [0.4, 0.5) is 5.69 Å². The molecule has 2 aromatic heterocycles. The molecule has 4 aromatic rings. The number of rotatable bonds is 7. The normalized spacial score (nSPS) is 10.7. The van der Waals surface area contributed by atoms with Crippen molar-refractivity contribution in [1.29, 1.82) is 0 Å². The molecule has 0 aliphatic heterocycles. The van der Waals surface area contributed by atoms with Crippen molar-refractivity contribution in [3.63, 3.8) is 0 Å². The van der Waals surface area contributed by atoms with Crippen molar-refractivity contribution >= 4 is 22.6 Å². The van der Waals surface area contributed by atoms with Crippen LogP contribution in [-0.2, 0) is 6.54 Å². The second kappa shape index (κ2) is 8.72. The molecule has 2 heterocycles. The minimum atomic E-state index is -0.636. The van der Waals surface area contributed by atoms with Gasteiger partial charge in [0, 0.05) is 18.8 Å². The Morgan fingerprint density at radius 1 is 1.09 bits per heavy atom. The molecule has 0 saturated carbocycles. The quantitative estimate of drug-likeness (QED) is 0.351. The van der Waals surface area contributed by atoms with Crippen molar-refractivity contribution in [2.24, 2.45) is 0 Å². The number of nitro groups is 1. The lowest BCUT2D eigenvalue weighted by molar-refractivity contribution is -0.385. The Kier molecular flexibility index (Phi) is 5.67. The number of amides is 1. The molecular weight excluding hydrogens is 414 g/mol. The summed E-state index contributed by atoms with van der Waals surface area (Å²) >= 11 is 0. The molecule has 0 fully saturated rings. The maximum absolute atomic E-state index is 12.7. The Bertz CT molecular complexity index is 1300. The minimum absolute atomic E-state index is 0.123. The number of nitrogens with zero attached hydrogens (tertiary/aromatic N) is 4. The lowest BCUT2D eigenvalue weighted by atomic mass is 10.1. The number of hydrogen-bond donors (Lipinski definition) is 1. The summed E-state index contributed by atoms with van der Waals surface area (Å²) in [6.07, 6.45) is 3.33. The van der Waals surface area contributed by atoms with Crippen LogP contribution in [0.15, 0.2) is 61.1 Å². The number of imidazole rings is 1. The second-order valence-electron chi connectivity index (χ2n) is 6.79. The first-order valence-corrected chi connectivity index (χ1v) is 9.58. The summed E-state index contributed by atoms with van der Waals surface area (Å²) < 4.78 is 12.1. The van der Waals surface area contributed by atoms with Gasteiger partial charge in [-0.25, -0.2) is 9.97 Å². The van der Waals surface area contributed by atoms with Gasteiger partial charge in [-0.1, -0.05) is 18.2 Å². The molecule has 0 radical (unpaired) electrons. The van der Waals surface area contributed by atoms with Gasteiger partial charge in [-0.15, -0.1) is 0 Å². The van der Waals surface area contributed by atoms with Gasteiger partial charge in [-0.2, -0.15) is 0 Å². The number of para-hydroxylation sites is 2. The summed E-state index contributed by atoms with van der Waals surface area (Å²) in [5, 5.41) is 14.1. The molecule has 0 spiro atoms. The van der Waals surface area contributed by atoms with Gasteiger partial charge in [0.15, 0.2) is 11.5 Å². The average molecular weight is 433 g/mol. The number of aromatic nitrogens is 3. The first kappa shape index (κ1) is 20.8. The average Bonchev–Trinajstić information content (AvgIpc) is 3.26. The van der Waals surface area contributed by atoms with Crippen LogP contribution in [0.25, 0.3) is 16.9 Å². The van der Waals surface area contributed by atoms with Crippen LogP contribution < -0.4 is 14.8 Å². The molecule has 0 saturated heterocycles. The van der Waals surface area contributed by atoms with E-state index in [2.05, 4.69) is 15.3 Å². The lowest BCUT2D eigenvalue weighted by Crippen LogP contribution is -2.24. The van der Waals surface area contributed by atoms with Gasteiger partial charge in [-0.05, 0) is 23.8 Å². The number of carbonyl (C=O) groups excluding carboxylic acids is 1. The fourth-order valence-electron chi connectivity index (χ4n) is 3.28. The topological polar surface area (TPSA) is 121 Å². The predicted octanol–water partition coefficient (Wildman–Crippen LogP) is 3.28. The monoisotopic (exact) mass is 433 g/mol. The molecule has 10 heteroatoms. The van der Waals surface area contributed by atoms with Crippen LogP contribution in [0.3, 0.4) is 0 Å². The minimum Gasteiger partial charge on any atom is -0.493 e. The van der Waals surface area contributed by atoms with Crippen molar-refractivity contribution in [3.05, 3.63) is 82.3 Å². The fraction of sp³-hybridized carbons (Fsp3) is 0.136. The number of ether oxygens (including phenoxy) is 2. The highest BCUT2D eigenvalue weighted by atomic mass is 16.6. The Morgan fingerprint density at radius 2 is 1.84 bits per heavy atom. The number of hydrogen-bond acceptors (Lipinski definition) is 7. The van der Waals surface area contributed by atoms with E-state index < -0.39 is 10.8 Å². The van der Waals surface area contributed by atoms with Crippen LogP contribution in [-0.4, -0.2) is 39.6 Å². The zero-order valence-electron chi connectivity index (χ0n) is 17.3. The highest BCUT2D eigenvalue weighted by molar-refractivity contribution is 5.99. The SMILES string of the molecule is COc1cc(C(=O)NCc2ccc(-n3cnc4ccccc43)nc2)c([N+](=O)[O-])cc1OC. The smallest absolute Gasteiger partial charge is 0.286 e. The first-order valence-electron chi connectivity index (χ1n) is 9.58. The molecule has 0 bridgehead atoms. The van der Waals surface area contributed by atoms with Gasteiger partial charge in [0.25, 0.3) is 11.6 Å². The molecule has 0 unspecified atom stereocenters. The first-order chi connectivity index (χ1) is 15.5. The van der Waals surface area contributed by atoms with E-state index in [9.17, 15) is 14.9 Å². The molecule has 1 amide bonds. The van der Waals surface area contributed by atoms with Gasteiger partial charge in [-0.3, -0.25) is 19.5 Å². The van der Waals surface area contributed by atoms with Crippen molar-refractivity contribution in [2.45, 2.75) is 6.54 Å². The van der Waals surface area contributed by atoms with Gasteiger partial charge < -0.3 is 14.8 Å². The highest BCUT2D eigenvalue weighted by Gasteiger charge is 2.24. The number of pyridine rings is 1. The van der Waals surface area contributed by atoms with Gasteiger partial charge >= 0.3 is 0 Å². The van der Waals surface area contributed by atoms with Gasteiger partial charge in [0.1, 0.15) is 17.7 Å². The number of carbonyl (C=O) groups is 1. The third kappa shape index (κ3) is 3.93. The number of methoxy groups -OCH3 is 2. The highest BCUT2D eigenvalue weighted by Crippen LogP contribution is 2.34. The van der Waals surface area contributed by atoms with Crippen LogP contribution in [0.5, 0.6) is 11.5 Å². The molecule has 32 heavy (non-hydrogen) atoms. The standard InChI is InChI=1S/C22H19N5O5/c1-31-19-9-15(18(27(29)30)10-20(19)32-2)22(28)24-12-14-7-8-21(23-11-14)26-13-25-16-5-3-4-6-17(16)26/h3-11,13H,12H2,1-2H3,(H,24,28). The Hall–Kier alpha value is -4.47. The second-order valence-corrected chi connectivity index (χ2v) is 6.79. The van der Waals surface area contributed by atoms with E-state index in [0.29, 0.717) is 5.82 Å². The van der Waals surface area contributed by atoms with E-state index in [-0.39, 0.29) is 29.3 Å². The lowest BCUT2D eigenvalue weighted by Gasteiger charge is -2.11. The number of benzene rings is 2. The summed E-state index contributed by atoms with van der Waals surface area (Å²) in [5.74, 6) is 0.469. The third-order valence-electron chi connectivity index (χ3n) is 4.91. The Morgan fingerprint density at radius 3 is 2.53 bits per heavy atom. The summed E-state index contributed by atoms with van der Waals surface area (Å²) in [7, 11) is 2.76. The fourth-order valence-corrected chi connectivity index (χ4v) is 3.28. The molecule has 4 rings (SSSR count). The van der Waals surface area contributed by atoms with Crippen molar-refractivity contribution in [1.82, 2.24) is 19.9 Å². The zero-order valence-corrected chi connectivity index (χ0v) is 17.3. The van der Waals surface area contributed by atoms with E-state index >= 15 is 0 Å². The number of nitrogens with one attached hydrogen (secondary N) is 1. The van der Waals surface area contributed by atoms with Crippen LogP contribution in [0.2, 0.25) is 0 Å². The van der Waals surface area contributed by atoms with Gasteiger partial charge in [0.2, 0.25) is 0 Å². The molecule has 0 aliphatic carbocycles. The number of nitro benzene ring substituents is 1. The Balaban J connectivity index is 1.52. The van der Waals surface area contributed by atoms with Crippen molar-refractivity contribution in [2.75, 3.05) is 14.2 Å². The maximum Gasteiger partial charge on any atom is 0.286 e. The van der Waals surface area contributed by atoms with E-state index in [1.165, 1.54) is 26.4 Å². The van der Waals surface area contributed by atoms with E-state index in [1.807, 2.05) is 41.0 Å². The van der Waals surface area contributed by atoms with Crippen molar-refractivity contribution < 1.29 is 19.2 Å². The van der Waals surface area contributed by atoms with Crippen LogP contribution >= 0.6 is 0 Å². The van der Waals surface area contributed by atoms with Gasteiger partial charge in [0.05, 0.1) is 36.2 Å². The summed E-state index contributed by atoms with van der Waals surface area (Å²) in [5.41, 5.74) is 2.03. The van der Waals surface area contributed by atoms with Crippen LogP contribution in [0, 0.1) is 10.1 Å². The van der Waals surface area contributed by atoms with E-state index in [1.54, 1.807) is 12.5 Å². The summed E-state index contributed by atoms with van der Waals surface area (Å²) in [6.45, 7) is 0.141. The molecule has 10 nitrogen and oxygen atoms in total. The zero-order chi connectivity index (χ0) is 22.7. The third-order valence-corrected chi connectivity index (χ3v) is 4.91. The molecule has 0 atom stereocenters. The summed E-state index contributed by atoms with van der Waals surface area (Å²) in [4.78, 5) is 32.2. The molecule has 162 valence electrons. The Labute approximate surface area is 182 Å². The van der Waals surface area contributed by atoms with Crippen LogP contribution in [0.1, 0.15) is 15.9 Å². The van der Waals surface area contributed by atoms with E-state index in [4.69, 9.17) is 9.47 Å². The van der Waals surface area contributed by atoms with Crippen molar-refractivity contribution in [3.8, 4) is 17.3 Å². The maximum atomic E-state index is 12.7. The molecule has 1 N–H and O–H groups in total. The largest absolute Gasteiger partial charge is 0.493 e. The summed E-state index contributed by atoms with van der Waals surface area (Å²) in [6, 6.07) is 13.8.